The summed E-state index contributed by atoms with van der Waals surface area (Å²) in [7, 11) is 1.55. The molecule has 2 aliphatic rings. The summed E-state index contributed by atoms with van der Waals surface area (Å²) in [5.41, 5.74) is 3.18. The van der Waals surface area contributed by atoms with Crippen LogP contribution in [0.1, 0.15) is 27.9 Å². The van der Waals surface area contributed by atoms with Crippen molar-refractivity contribution in [1.82, 2.24) is 15.1 Å². The first-order chi connectivity index (χ1) is 19.1. The van der Waals surface area contributed by atoms with Gasteiger partial charge < -0.3 is 19.9 Å². The van der Waals surface area contributed by atoms with Crippen LogP contribution in [0.25, 0.3) is 0 Å². The van der Waals surface area contributed by atoms with Crippen molar-refractivity contribution in [1.29, 1.82) is 5.26 Å². The van der Waals surface area contributed by atoms with Gasteiger partial charge >= 0.3 is 0 Å². The normalized spacial score (nSPS) is 19.4. The van der Waals surface area contributed by atoms with Crippen LogP contribution in [0, 0.1) is 11.3 Å². The van der Waals surface area contributed by atoms with E-state index in [2.05, 4.69) is 33.3 Å². The van der Waals surface area contributed by atoms with Crippen molar-refractivity contribution in [3.05, 3.63) is 95.6 Å². The number of likely N-dealkylation sites (tertiary alicyclic amines) is 1. The number of nitrogens with one attached hydrogen (secondary N) is 1. The lowest BCUT2D eigenvalue weighted by Crippen LogP contribution is -2.53. The Kier molecular flexibility index (Phi) is 8.09. The molecule has 0 saturated carbocycles. The van der Waals surface area contributed by atoms with Crippen molar-refractivity contribution in [2.24, 2.45) is 0 Å². The number of rotatable bonds is 7. The third kappa shape index (κ3) is 5.89. The Hall–Kier alpha value is -4.35. The fraction of sp³-hybridized carbons (Fsp3) is 0.323. The van der Waals surface area contributed by atoms with Crippen LogP contribution in [0.2, 0.25) is 0 Å². The lowest BCUT2D eigenvalue weighted by molar-refractivity contribution is -0.136. The van der Waals surface area contributed by atoms with Gasteiger partial charge in [0.15, 0.2) is 0 Å². The zero-order valence-corrected chi connectivity index (χ0v) is 22.1. The molecule has 3 aromatic carbocycles. The highest BCUT2D eigenvalue weighted by atomic mass is 16.5. The predicted molar refractivity (Wildman–Crippen MR) is 149 cm³/mol. The fourth-order valence-electron chi connectivity index (χ4n) is 5.58. The highest BCUT2D eigenvalue weighted by Crippen LogP contribution is 2.26. The SMILES string of the molecule is COc1ccccc1C(=O)NC1CC(C(=O)N2CCN(c3ccccc3C#N)CC2)N(Cc2ccccc2)C1. The fourth-order valence-corrected chi connectivity index (χ4v) is 5.58. The van der Waals surface area contributed by atoms with E-state index >= 15 is 0 Å². The van der Waals surface area contributed by atoms with Gasteiger partial charge in [-0.15, -0.1) is 0 Å². The highest BCUT2D eigenvalue weighted by molar-refractivity contribution is 5.97. The molecule has 0 aromatic heterocycles. The molecule has 39 heavy (non-hydrogen) atoms. The van der Waals surface area contributed by atoms with Crippen LogP contribution in [-0.2, 0) is 11.3 Å². The Balaban J connectivity index is 1.28. The highest BCUT2D eigenvalue weighted by Gasteiger charge is 2.40. The van der Waals surface area contributed by atoms with Gasteiger partial charge in [0, 0.05) is 45.3 Å². The first-order valence-electron chi connectivity index (χ1n) is 13.3. The lowest BCUT2D eigenvalue weighted by Gasteiger charge is -2.38. The average Bonchev–Trinajstić information content (AvgIpc) is 3.38. The Labute approximate surface area is 229 Å². The summed E-state index contributed by atoms with van der Waals surface area (Å²) < 4.78 is 5.37. The molecule has 0 spiro atoms. The summed E-state index contributed by atoms with van der Waals surface area (Å²) in [5, 5.41) is 12.6. The molecule has 2 atom stereocenters. The van der Waals surface area contributed by atoms with Crippen molar-refractivity contribution in [3.63, 3.8) is 0 Å². The Morgan fingerprint density at radius 3 is 2.38 bits per heavy atom. The molecule has 5 rings (SSSR count). The largest absolute Gasteiger partial charge is 0.496 e. The van der Waals surface area contributed by atoms with Crippen LogP contribution in [0.15, 0.2) is 78.9 Å². The number of methoxy groups -OCH3 is 1. The Morgan fingerprint density at radius 1 is 0.949 bits per heavy atom. The second-order valence-electron chi connectivity index (χ2n) is 9.98. The molecule has 8 heteroatoms. The van der Waals surface area contributed by atoms with E-state index in [9.17, 15) is 14.9 Å². The van der Waals surface area contributed by atoms with Crippen LogP contribution < -0.4 is 15.0 Å². The molecular formula is C31H33N5O3. The third-order valence-electron chi connectivity index (χ3n) is 7.56. The molecule has 1 N–H and O–H groups in total. The third-order valence-corrected chi connectivity index (χ3v) is 7.56. The molecule has 0 aliphatic carbocycles. The summed E-state index contributed by atoms with van der Waals surface area (Å²) in [6, 6.07) is 26.6. The summed E-state index contributed by atoms with van der Waals surface area (Å²) in [5.74, 6) is 0.417. The minimum Gasteiger partial charge on any atom is -0.496 e. The minimum atomic E-state index is -0.328. The van der Waals surface area contributed by atoms with E-state index in [0.29, 0.717) is 62.6 Å². The number of hydrogen-bond donors (Lipinski definition) is 1. The Bertz CT molecular complexity index is 1350. The predicted octanol–water partition coefficient (Wildman–Crippen LogP) is 3.29. The maximum atomic E-state index is 13.8. The summed E-state index contributed by atoms with van der Waals surface area (Å²) in [6.45, 7) is 3.74. The zero-order chi connectivity index (χ0) is 27.2. The molecule has 2 saturated heterocycles. The number of hydrogen-bond acceptors (Lipinski definition) is 6. The zero-order valence-electron chi connectivity index (χ0n) is 22.1. The first-order valence-corrected chi connectivity index (χ1v) is 13.3. The maximum Gasteiger partial charge on any atom is 0.255 e. The number of nitriles is 1. The van der Waals surface area contributed by atoms with Crippen molar-refractivity contribution >= 4 is 17.5 Å². The van der Waals surface area contributed by atoms with Gasteiger partial charge in [0.05, 0.1) is 30.0 Å². The van der Waals surface area contributed by atoms with Crippen molar-refractivity contribution in [3.8, 4) is 11.8 Å². The molecular weight excluding hydrogens is 490 g/mol. The number of carbonyl (C=O) groups is 2. The molecule has 2 amide bonds. The number of carbonyl (C=O) groups excluding carboxylic acids is 2. The van der Waals surface area contributed by atoms with E-state index in [1.165, 1.54) is 0 Å². The van der Waals surface area contributed by atoms with Crippen LogP contribution in [0.5, 0.6) is 5.75 Å². The van der Waals surface area contributed by atoms with Crippen LogP contribution in [0.4, 0.5) is 5.69 Å². The number of piperazine rings is 1. The van der Waals surface area contributed by atoms with E-state index < -0.39 is 0 Å². The molecule has 2 aliphatic heterocycles. The number of amides is 2. The van der Waals surface area contributed by atoms with Crippen molar-refractivity contribution < 1.29 is 14.3 Å². The number of benzene rings is 3. The van der Waals surface area contributed by atoms with Gasteiger partial charge in [-0.05, 0) is 36.2 Å². The minimum absolute atomic E-state index is 0.0909. The second kappa shape index (κ2) is 12.0. The van der Waals surface area contributed by atoms with Crippen LogP contribution in [-0.4, -0.2) is 73.5 Å². The smallest absolute Gasteiger partial charge is 0.255 e. The van der Waals surface area contributed by atoms with E-state index in [1.54, 1.807) is 19.2 Å². The monoisotopic (exact) mass is 523 g/mol. The van der Waals surface area contributed by atoms with Gasteiger partial charge in [0.2, 0.25) is 5.91 Å². The van der Waals surface area contributed by atoms with E-state index in [-0.39, 0.29) is 23.9 Å². The van der Waals surface area contributed by atoms with Crippen molar-refractivity contribution in [2.75, 3.05) is 44.7 Å². The molecule has 8 nitrogen and oxygen atoms in total. The number of para-hydroxylation sites is 2. The van der Waals surface area contributed by atoms with Gasteiger partial charge in [-0.25, -0.2) is 0 Å². The maximum absolute atomic E-state index is 13.8. The lowest BCUT2D eigenvalue weighted by atomic mass is 10.1. The quantitative estimate of drug-likeness (QED) is 0.511. The van der Waals surface area contributed by atoms with Gasteiger partial charge in [0.25, 0.3) is 5.91 Å². The topological polar surface area (TPSA) is 88.9 Å². The van der Waals surface area contributed by atoms with Gasteiger partial charge in [0.1, 0.15) is 11.8 Å². The molecule has 0 radical (unpaired) electrons. The number of nitrogens with zero attached hydrogens (tertiary/aromatic N) is 4. The number of ether oxygens (including phenoxy) is 1. The summed E-state index contributed by atoms with van der Waals surface area (Å²) >= 11 is 0. The second-order valence-corrected chi connectivity index (χ2v) is 9.98. The Morgan fingerprint density at radius 2 is 1.64 bits per heavy atom. The van der Waals surface area contributed by atoms with Gasteiger partial charge in [-0.3, -0.25) is 14.5 Å². The van der Waals surface area contributed by atoms with Crippen LogP contribution >= 0.6 is 0 Å². The number of anilines is 1. The van der Waals surface area contributed by atoms with Crippen molar-refractivity contribution in [2.45, 2.75) is 25.0 Å². The molecule has 2 unspecified atom stereocenters. The van der Waals surface area contributed by atoms with Gasteiger partial charge in [-0.1, -0.05) is 54.6 Å². The first kappa shape index (κ1) is 26.3. The van der Waals surface area contributed by atoms with Gasteiger partial charge in [-0.2, -0.15) is 5.26 Å². The average molecular weight is 524 g/mol. The van der Waals surface area contributed by atoms with Crippen LogP contribution in [0.3, 0.4) is 0 Å². The molecule has 200 valence electrons. The molecule has 2 heterocycles. The van der Waals surface area contributed by atoms with E-state index in [1.807, 2.05) is 59.5 Å². The van der Waals surface area contributed by atoms with E-state index in [4.69, 9.17) is 4.74 Å². The summed E-state index contributed by atoms with van der Waals surface area (Å²) in [4.78, 5) is 33.3. The van der Waals surface area contributed by atoms with E-state index in [0.717, 1.165) is 11.3 Å². The molecule has 0 bridgehead atoms. The molecule has 2 fully saturated rings. The summed E-state index contributed by atoms with van der Waals surface area (Å²) in [6.07, 6.45) is 0.546. The molecule has 3 aromatic rings. The standard InChI is InChI=1S/C31H33N5O3/c1-39-29-14-8-6-12-26(29)30(37)33-25-19-28(36(22-25)21-23-9-3-2-4-10-23)31(38)35-17-15-34(16-18-35)27-13-7-5-11-24(27)20-32/h2-14,25,28H,15-19,21-22H2,1H3,(H,33,37).